The summed E-state index contributed by atoms with van der Waals surface area (Å²) < 4.78 is 10.1. The minimum Gasteiger partial charge on any atom is -0.394 e. The molecule has 6 N–H and O–H groups in total. The van der Waals surface area contributed by atoms with E-state index < -0.39 is 30.6 Å². The fourth-order valence-corrected chi connectivity index (χ4v) is 1.44. The molecule has 5 unspecified atom stereocenters. The highest BCUT2D eigenvalue weighted by atomic mass is 16.6. The molecule has 6 heteroatoms. The Morgan fingerprint density at radius 1 is 1.46 bits per heavy atom. The lowest BCUT2D eigenvalue weighted by molar-refractivity contribution is -0.196. The van der Waals surface area contributed by atoms with E-state index in [4.69, 9.17) is 26.0 Å². The molecule has 0 amide bonds. The molecule has 78 valence electrons. The Balaban J connectivity index is 2.69. The van der Waals surface area contributed by atoms with Crippen LogP contribution in [0.2, 0.25) is 0 Å². The standard InChI is InChI=1S/C7H16N2O4/c1-12-6-3(2-10)13-7(9)4(8)5(6)11/h3-7,10-11H,2,8-9H2,1H3. The Morgan fingerprint density at radius 3 is 2.54 bits per heavy atom. The summed E-state index contributed by atoms with van der Waals surface area (Å²) in [6.45, 7) is -0.254. The van der Waals surface area contributed by atoms with Gasteiger partial charge in [0.25, 0.3) is 0 Å². The Kier molecular flexibility index (Phi) is 3.60. The Bertz CT molecular complexity index is 167. The zero-order chi connectivity index (χ0) is 10.0. The molecule has 0 bridgehead atoms. The maximum absolute atomic E-state index is 9.59. The van der Waals surface area contributed by atoms with Gasteiger partial charge in [-0.1, -0.05) is 0 Å². The summed E-state index contributed by atoms with van der Waals surface area (Å²) in [5.41, 5.74) is 11.0. The lowest BCUT2D eigenvalue weighted by Gasteiger charge is -2.40. The maximum atomic E-state index is 9.59. The van der Waals surface area contributed by atoms with Crippen molar-refractivity contribution in [2.75, 3.05) is 13.7 Å². The van der Waals surface area contributed by atoms with Gasteiger partial charge >= 0.3 is 0 Å². The maximum Gasteiger partial charge on any atom is 0.124 e. The number of hydrogen-bond donors (Lipinski definition) is 4. The number of aliphatic hydroxyl groups is 2. The normalized spacial score (nSPS) is 46.4. The first-order chi connectivity index (χ1) is 6.11. The molecule has 0 spiro atoms. The zero-order valence-corrected chi connectivity index (χ0v) is 7.46. The highest BCUT2D eigenvalue weighted by Crippen LogP contribution is 2.19. The topological polar surface area (TPSA) is 111 Å². The van der Waals surface area contributed by atoms with E-state index in [1.165, 1.54) is 7.11 Å². The summed E-state index contributed by atoms with van der Waals surface area (Å²) in [5.74, 6) is 0. The van der Waals surface area contributed by atoms with E-state index in [-0.39, 0.29) is 6.61 Å². The van der Waals surface area contributed by atoms with Crippen LogP contribution in [-0.4, -0.2) is 54.5 Å². The minimum atomic E-state index is -0.911. The van der Waals surface area contributed by atoms with E-state index in [9.17, 15) is 5.11 Å². The number of nitrogens with two attached hydrogens (primary N) is 2. The molecule has 1 aliphatic rings. The number of ether oxygens (including phenoxy) is 2. The lowest BCUT2D eigenvalue weighted by atomic mass is 9.97. The molecule has 0 aromatic heterocycles. The molecule has 1 aliphatic heterocycles. The second-order valence-corrected chi connectivity index (χ2v) is 3.09. The lowest BCUT2D eigenvalue weighted by Crippen LogP contribution is -2.64. The van der Waals surface area contributed by atoms with Gasteiger partial charge in [-0.25, -0.2) is 0 Å². The van der Waals surface area contributed by atoms with Crippen molar-refractivity contribution in [2.24, 2.45) is 11.5 Å². The first-order valence-corrected chi connectivity index (χ1v) is 4.10. The molecule has 0 aromatic rings. The van der Waals surface area contributed by atoms with Crippen LogP contribution >= 0.6 is 0 Å². The molecular weight excluding hydrogens is 176 g/mol. The first-order valence-electron chi connectivity index (χ1n) is 4.10. The van der Waals surface area contributed by atoms with Crippen molar-refractivity contribution in [3.05, 3.63) is 0 Å². The Hall–Kier alpha value is -0.240. The van der Waals surface area contributed by atoms with Crippen LogP contribution in [0.3, 0.4) is 0 Å². The largest absolute Gasteiger partial charge is 0.394 e. The van der Waals surface area contributed by atoms with Crippen LogP contribution in [-0.2, 0) is 9.47 Å². The predicted octanol–water partition coefficient (Wildman–Crippen LogP) is -2.63. The number of rotatable bonds is 2. The highest BCUT2D eigenvalue weighted by molar-refractivity contribution is 4.93. The average molecular weight is 192 g/mol. The van der Waals surface area contributed by atoms with Crippen molar-refractivity contribution < 1.29 is 19.7 Å². The van der Waals surface area contributed by atoms with Crippen molar-refractivity contribution in [2.45, 2.75) is 30.6 Å². The Labute approximate surface area is 76.4 Å². The van der Waals surface area contributed by atoms with Gasteiger partial charge in [-0.05, 0) is 0 Å². The predicted molar refractivity (Wildman–Crippen MR) is 44.7 cm³/mol. The van der Waals surface area contributed by atoms with Crippen LogP contribution in [0.25, 0.3) is 0 Å². The summed E-state index contributed by atoms with van der Waals surface area (Å²) in [6.07, 6.45) is -2.92. The monoisotopic (exact) mass is 192 g/mol. The summed E-state index contributed by atoms with van der Waals surface area (Å²) in [6, 6.07) is -0.687. The molecule has 0 radical (unpaired) electrons. The van der Waals surface area contributed by atoms with E-state index in [1.54, 1.807) is 0 Å². The van der Waals surface area contributed by atoms with Crippen LogP contribution in [0.1, 0.15) is 0 Å². The van der Waals surface area contributed by atoms with E-state index in [0.29, 0.717) is 0 Å². The van der Waals surface area contributed by atoms with Gasteiger partial charge in [0.1, 0.15) is 24.5 Å². The van der Waals surface area contributed by atoms with Crippen molar-refractivity contribution in [1.82, 2.24) is 0 Å². The third kappa shape index (κ3) is 1.98. The van der Waals surface area contributed by atoms with Gasteiger partial charge in [0, 0.05) is 7.11 Å². The van der Waals surface area contributed by atoms with Gasteiger partial charge in [0.2, 0.25) is 0 Å². The van der Waals surface area contributed by atoms with Gasteiger partial charge in [0.05, 0.1) is 12.6 Å². The van der Waals surface area contributed by atoms with Crippen molar-refractivity contribution in [3.8, 4) is 0 Å². The molecule has 1 fully saturated rings. The molecular formula is C7H16N2O4. The van der Waals surface area contributed by atoms with Crippen molar-refractivity contribution in [1.29, 1.82) is 0 Å². The van der Waals surface area contributed by atoms with E-state index in [0.717, 1.165) is 0 Å². The van der Waals surface area contributed by atoms with Gasteiger partial charge in [0.15, 0.2) is 0 Å². The third-order valence-corrected chi connectivity index (χ3v) is 2.26. The Morgan fingerprint density at radius 2 is 2.08 bits per heavy atom. The summed E-state index contributed by atoms with van der Waals surface area (Å²) in [4.78, 5) is 0. The second kappa shape index (κ2) is 4.32. The van der Waals surface area contributed by atoms with Crippen LogP contribution in [0.4, 0.5) is 0 Å². The number of methoxy groups -OCH3 is 1. The summed E-state index contributed by atoms with van der Waals surface area (Å²) in [5, 5.41) is 18.5. The minimum absolute atomic E-state index is 0.254. The number of aliphatic hydroxyl groups excluding tert-OH is 2. The molecule has 1 saturated heterocycles. The smallest absolute Gasteiger partial charge is 0.124 e. The van der Waals surface area contributed by atoms with Gasteiger partial charge in [-0.15, -0.1) is 0 Å². The summed E-state index contributed by atoms with van der Waals surface area (Å²) in [7, 11) is 1.42. The second-order valence-electron chi connectivity index (χ2n) is 3.09. The quantitative estimate of drug-likeness (QED) is 0.381. The van der Waals surface area contributed by atoms with Crippen LogP contribution in [0.15, 0.2) is 0 Å². The molecule has 0 saturated carbocycles. The highest BCUT2D eigenvalue weighted by Gasteiger charge is 2.41. The first kappa shape index (κ1) is 10.8. The fraction of sp³-hybridized carbons (Fsp3) is 1.00. The van der Waals surface area contributed by atoms with E-state index >= 15 is 0 Å². The molecule has 5 atom stereocenters. The van der Waals surface area contributed by atoms with Crippen LogP contribution in [0.5, 0.6) is 0 Å². The van der Waals surface area contributed by atoms with Gasteiger partial charge in [-0.2, -0.15) is 0 Å². The molecule has 0 aromatic carbocycles. The molecule has 1 rings (SSSR count). The molecule has 1 heterocycles. The number of hydrogen-bond acceptors (Lipinski definition) is 6. The third-order valence-electron chi connectivity index (χ3n) is 2.26. The van der Waals surface area contributed by atoms with Crippen LogP contribution in [0, 0.1) is 0 Å². The van der Waals surface area contributed by atoms with Gasteiger partial charge in [-0.3, -0.25) is 0 Å². The molecule has 0 aliphatic carbocycles. The SMILES string of the molecule is COC1C(CO)OC(N)C(N)C1O. The molecule has 6 nitrogen and oxygen atoms in total. The van der Waals surface area contributed by atoms with Crippen molar-refractivity contribution >= 4 is 0 Å². The van der Waals surface area contributed by atoms with Crippen LogP contribution < -0.4 is 11.5 Å². The van der Waals surface area contributed by atoms with Crippen molar-refractivity contribution in [3.63, 3.8) is 0 Å². The molecule has 13 heavy (non-hydrogen) atoms. The average Bonchev–Trinajstić information content (AvgIpc) is 2.13. The summed E-state index contributed by atoms with van der Waals surface area (Å²) >= 11 is 0. The van der Waals surface area contributed by atoms with E-state index in [1.807, 2.05) is 0 Å². The van der Waals surface area contributed by atoms with Gasteiger partial charge < -0.3 is 31.2 Å². The van der Waals surface area contributed by atoms with E-state index in [2.05, 4.69) is 0 Å². The zero-order valence-electron chi connectivity index (χ0n) is 7.46. The fourth-order valence-electron chi connectivity index (χ4n) is 1.44.